The van der Waals surface area contributed by atoms with Crippen LogP contribution < -0.4 is 0 Å². The van der Waals surface area contributed by atoms with Gasteiger partial charge in [0.1, 0.15) is 5.69 Å². The van der Waals surface area contributed by atoms with Crippen LogP contribution in [0.3, 0.4) is 0 Å². The zero-order chi connectivity index (χ0) is 14.9. The summed E-state index contributed by atoms with van der Waals surface area (Å²) in [4.78, 5) is 0. The zero-order valence-electron chi connectivity index (χ0n) is 12.6. The van der Waals surface area contributed by atoms with Gasteiger partial charge in [0.25, 0.3) is 0 Å². The third-order valence-corrected chi connectivity index (χ3v) is 4.22. The smallest absolute Gasteiger partial charge is 0.112 e. The number of nitrogens with zero attached hydrogens (tertiary/aromatic N) is 3. The van der Waals surface area contributed by atoms with Crippen LogP contribution in [0.15, 0.2) is 48.7 Å². The van der Waals surface area contributed by atoms with E-state index in [1.54, 1.807) is 6.20 Å². The minimum absolute atomic E-state index is 0.882. The molecule has 0 aliphatic heterocycles. The summed E-state index contributed by atoms with van der Waals surface area (Å²) in [6, 6.07) is 15.2. The second kappa shape index (κ2) is 5.30. The van der Waals surface area contributed by atoms with E-state index in [1.165, 1.54) is 34.6 Å². The van der Waals surface area contributed by atoms with Crippen molar-refractivity contribution in [2.75, 3.05) is 0 Å². The number of fused-ring (bicyclic) bond motifs is 3. The molecule has 0 aliphatic rings. The average Bonchev–Trinajstić information content (AvgIpc) is 3.19. The van der Waals surface area contributed by atoms with Gasteiger partial charge >= 0.3 is 0 Å². The van der Waals surface area contributed by atoms with Gasteiger partial charge in [-0.3, -0.25) is 0 Å². The maximum Gasteiger partial charge on any atom is 0.112 e. The summed E-state index contributed by atoms with van der Waals surface area (Å²) >= 11 is 0. The molecular weight excluding hydrogens is 272 g/mol. The predicted octanol–water partition coefficient (Wildman–Crippen LogP) is 4.38. The number of nitrogens with one attached hydrogen (secondary N) is 1. The molecule has 0 amide bonds. The Morgan fingerprint density at radius 2 is 1.91 bits per heavy atom. The Bertz CT molecular complexity index is 919. The number of benzene rings is 2. The highest BCUT2D eigenvalue weighted by Crippen LogP contribution is 2.32. The van der Waals surface area contributed by atoms with E-state index in [0.29, 0.717) is 0 Å². The van der Waals surface area contributed by atoms with E-state index in [2.05, 4.69) is 69.4 Å². The van der Waals surface area contributed by atoms with Crippen LogP contribution in [0.25, 0.3) is 33.1 Å². The van der Waals surface area contributed by atoms with Crippen molar-refractivity contribution >= 4 is 21.8 Å². The van der Waals surface area contributed by atoms with Crippen LogP contribution in [0.4, 0.5) is 0 Å². The van der Waals surface area contributed by atoms with Crippen molar-refractivity contribution in [3.63, 3.8) is 0 Å². The molecule has 4 nitrogen and oxygen atoms in total. The van der Waals surface area contributed by atoms with E-state index in [1.807, 2.05) is 0 Å². The molecule has 0 aliphatic carbocycles. The lowest BCUT2D eigenvalue weighted by molar-refractivity contribution is 0.665. The number of para-hydroxylation sites is 1. The Morgan fingerprint density at radius 1 is 1.05 bits per heavy atom. The first-order valence-corrected chi connectivity index (χ1v) is 7.75. The molecule has 0 fully saturated rings. The van der Waals surface area contributed by atoms with Gasteiger partial charge in [0.15, 0.2) is 0 Å². The summed E-state index contributed by atoms with van der Waals surface area (Å²) in [6.45, 7) is 3.29. The minimum Gasteiger partial charge on any atom is -0.340 e. The van der Waals surface area contributed by atoms with Crippen molar-refractivity contribution in [1.29, 1.82) is 0 Å². The molecule has 0 spiro atoms. The van der Waals surface area contributed by atoms with Crippen LogP contribution in [-0.2, 0) is 6.54 Å². The van der Waals surface area contributed by atoms with Gasteiger partial charge in [0.05, 0.1) is 6.20 Å². The molecule has 1 N–H and O–H groups in total. The monoisotopic (exact) mass is 290 g/mol. The van der Waals surface area contributed by atoms with Gasteiger partial charge in [0.2, 0.25) is 0 Å². The van der Waals surface area contributed by atoms with E-state index in [0.717, 1.165) is 17.8 Å². The average molecular weight is 290 g/mol. The first-order chi connectivity index (χ1) is 10.9. The van der Waals surface area contributed by atoms with Crippen molar-refractivity contribution < 1.29 is 0 Å². The van der Waals surface area contributed by atoms with Gasteiger partial charge in [0, 0.05) is 33.9 Å². The summed E-state index contributed by atoms with van der Waals surface area (Å²) in [5.41, 5.74) is 4.58. The lowest BCUT2D eigenvalue weighted by atomic mass is 10.1. The van der Waals surface area contributed by atoms with Crippen molar-refractivity contribution in [2.45, 2.75) is 26.3 Å². The lowest BCUT2D eigenvalue weighted by Crippen LogP contribution is -1.96. The number of hydrogen-bond donors (Lipinski definition) is 1. The predicted molar refractivity (Wildman–Crippen MR) is 89.7 cm³/mol. The Balaban J connectivity index is 1.98. The largest absolute Gasteiger partial charge is 0.340 e. The fourth-order valence-electron chi connectivity index (χ4n) is 3.11. The lowest BCUT2D eigenvalue weighted by Gasteiger charge is -2.06. The Hall–Kier alpha value is -2.62. The fraction of sp³-hybridized carbons (Fsp3) is 0.222. The van der Waals surface area contributed by atoms with Gasteiger partial charge in [-0.1, -0.05) is 37.6 Å². The van der Waals surface area contributed by atoms with Crippen molar-refractivity contribution in [3.8, 4) is 11.3 Å². The molecule has 4 rings (SSSR count). The Labute approximate surface area is 128 Å². The van der Waals surface area contributed by atoms with E-state index < -0.39 is 0 Å². The molecular formula is C18H18N4. The molecule has 0 atom stereocenters. The highest BCUT2D eigenvalue weighted by atomic mass is 15.3. The SMILES string of the molecule is CCCCn1c2ccccc2c2cc(-c3cn[nH]n3)ccc21. The molecule has 0 unspecified atom stereocenters. The molecule has 0 saturated heterocycles. The number of aryl methyl sites for hydroxylation is 1. The normalized spacial score (nSPS) is 11.5. The number of unbranched alkanes of at least 4 members (excludes halogenated alkanes) is 1. The van der Waals surface area contributed by atoms with Gasteiger partial charge in [-0.05, 0) is 24.6 Å². The zero-order valence-corrected chi connectivity index (χ0v) is 12.6. The summed E-state index contributed by atoms with van der Waals surface area (Å²) in [6.07, 6.45) is 4.15. The van der Waals surface area contributed by atoms with Crippen LogP contribution in [-0.4, -0.2) is 20.0 Å². The van der Waals surface area contributed by atoms with Crippen LogP contribution in [0.1, 0.15) is 19.8 Å². The topological polar surface area (TPSA) is 46.5 Å². The van der Waals surface area contributed by atoms with E-state index >= 15 is 0 Å². The fourth-order valence-corrected chi connectivity index (χ4v) is 3.11. The van der Waals surface area contributed by atoms with Crippen molar-refractivity contribution in [1.82, 2.24) is 20.0 Å². The molecule has 4 heteroatoms. The summed E-state index contributed by atoms with van der Waals surface area (Å²) < 4.78 is 2.43. The maximum absolute atomic E-state index is 4.19. The molecule has 0 saturated carbocycles. The standard InChI is InChI=1S/C18H18N4/c1-2-3-10-22-17-7-5-4-6-14(17)15-11-13(8-9-18(15)22)16-12-19-21-20-16/h4-9,11-12H,2-3,10H2,1H3,(H,19,20,21). The minimum atomic E-state index is 0.882. The van der Waals surface area contributed by atoms with E-state index in [4.69, 9.17) is 0 Å². The third-order valence-electron chi connectivity index (χ3n) is 4.22. The van der Waals surface area contributed by atoms with Gasteiger partial charge in [-0.2, -0.15) is 15.4 Å². The second-order valence-electron chi connectivity index (χ2n) is 5.61. The van der Waals surface area contributed by atoms with Crippen LogP contribution in [0.5, 0.6) is 0 Å². The number of aromatic nitrogens is 4. The molecule has 0 bridgehead atoms. The molecule has 0 radical (unpaired) electrons. The van der Waals surface area contributed by atoms with Crippen molar-refractivity contribution in [2.24, 2.45) is 0 Å². The first kappa shape index (κ1) is 13.1. The van der Waals surface area contributed by atoms with E-state index in [-0.39, 0.29) is 0 Å². The molecule has 2 heterocycles. The number of hydrogen-bond acceptors (Lipinski definition) is 2. The van der Waals surface area contributed by atoms with Crippen LogP contribution in [0, 0.1) is 0 Å². The molecule has 110 valence electrons. The Kier molecular flexibility index (Phi) is 3.15. The Morgan fingerprint density at radius 3 is 2.73 bits per heavy atom. The van der Waals surface area contributed by atoms with Crippen molar-refractivity contribution in [3.05, 3.63) is 48.7 Å². The van der Waals surface area contributed by atoms with E-state index in [9.17, 15) is 0 Å². The second-order valence-corrected chi connectivity index (χ2v) is 5.61. The van der Waals surface area contributed by atoms with Gasteiger partial charge in [-0.25, -0.2) is 0 Å². The summed E-state index contributed by atoms with van der Waals surface area (Å²) in [7, 11) is 0. The molecule has 2 aromatic heterocycles. The molecule has 4 aromatic rings. The molecule has 22 heavy (non-hydrogen) atoms. The number of rotatable bonds is 4. The number of H-pyrrole nitrogens is 1. The highest BCUT2D eigenvalue weighted by Gasteiger charge is 2.11. The van der Waals surface area contributed by atoms with Gasteiger partial charge in [-0.15, -0.1) is 0 Å². The van der Waals surface area contributed by atoms with Gasteiger partial charge < -0.3 is 4.57 Å². The summed E-state index contributed by atoms with van der Waals surface area (Å²) in [5, 5.41) is 13.4. The third kappa shape index (κ3) is 1.99. The first-order valence-electron chi connectivity index (χ1n) is 7.75. The van der Waals surface area contributed by atoms with Crippen LogP contribution >= 0.6 is 0 Å². The quantitative estimate of drug-likeness (QED) is 0.606. The number of aromatic amines is 1. The maximum atomic E-state index is 4.19. The summed E-state index contributed by atoms with van der Waals surface area (Å²) in [5.74, 6) is 0. The molecule has 2 aromatic carbocycles. The highest BCUT2D eigenvalue weighted by molar-refractivity contribution is 6.09. The van der Waals surface area contributed by atoms with Crippen LogP contribution in [0.2, 0.25) is 0 Å².